The lowest BCUT2D eigenvalue weighted by Gasteiger charge is -2.29. The van der Waals surface area contributed by atoms with Crippen LogP contribution in [0.4, 0.5) is 5.69 Å². The minimum atomic E-state index is -0.244. The lowest BCUT2D eigenvalue weighted by Crippen LogP contribution is -2.43. The van der Waals surface area contributed by atoms with Crippen LogP contribution in [0.5, 0.6) is 0 Å². The number of pyridine rings is 2. The summed E-state index contributed by atoms with van der Waals surface area (Å²) in [7, 11) is 3.88. The highest BCUT2D eigenvalue weighted by atomic mass is 35.5. The molecule has 1 unspecified atom stereocenters. The molecule has 4 aromatic rings. The average Bonchev–Trinajstić information content (AvgIpc) is 3.33. The number of nitrogens with zero attached hydrogens (tertiary/aromatic N) is 5. The summed E-state index contributed by atoms with van der Waals surface area (Å²) in [6, 6.07) is 7.35. The van der Waals surface area contributed by atoms with Crippen LogP contribution in [0.25, 0.3) is 21.8 Å². The Morgan fingerprint density at radius 3 is 2.63 bits per heavy atom. The van der Waals surface area contributed by atoms with Crippen LogP contribution in [0.1, 0.15) is 54.3 Å². The maximum Gasteiger partial charge on any atom is 0.272 e. The second-order valence-electron chi connectivity index (χ2n) is 10.3. The van der Waals surface area contributed by atoms with Gasteiger partial charge in [-0.3, -0.25) is 14.2 Å². The van der Waals surface area contributed by atoms with Crippen LogP contribution >= 0.6 is 11.6 Å². The summed E-state index contributed by atoms with van der Waals surface area (Å²) in [5.74, 6) is -0.244. The van der Waals surface area contributed by atoms with Crippen molar-refractivity contribution in [3.05, 3.63) is 62.8 Å². The molecule has 200 valence electrons. The normalized spacial score (nSPS) is 15.7. The van der Waals surface area contributed by atoms with Crippen LogP contribution in [0.15, 0.2) is 35.3 Å². The highest BCUT2D eigenvalue weighted by molar-refractivity contribution is 6.29. The smallest absolute Gasteiger partial charge is 0.272 e. The summed E-state index contributed by atoms with van der Waals surface area (Å²) >= 11 is 6.22. The van der Waals surface area contributed by atoms with E-state index < -0.39 is 0 Å². The van der Waals surface area contributed by atoms with Crippen molar-refractivity contribution in [1.29, 1.82) is 0 Å². The van der Waals surface area contributed by atoms with Gasteiger partial charge in [-0.1, -0.05) is 17.7 Å². The van der Waals surface area contributed by atoms with Crippen LogP contribution in [-0.4, -0.2) is 56.3 Å². The molecule has 1 fully saturated rings. The van der Waals surface area contributed by atoms with Crippen molar-refractivity contribution in [2.24, 2.45) is 7.05 Å². The van der Waals surface area contributed by atoms with E-state index in [2.05, 4.69) is 38.7 Å². The number of carbonyl (C=O) groups is 1. The fraction of sp³-hybridized carbons (Fsp3) is 0.429. The molecule has 3 aromatic heterocycles. The lowest BCUT2D eigenvalue weighted by atomic mass is 9.95. The molecule has 1 aromatic carbocycles. The third-order valence-electron chi connectivity index (χ3n) is 7.52. The first-order valence-electron chi connectivity index (χ1n) is 13.1. The predicted octanol–water partition coefficient (Wildman–Crippen LogP) is 4.26. The zero-order valence-electron chi connectivity index (χ0n) is 22.5. The SMILES string of the molecule is CCn1ncc2c3c(C(C)Nc4ccc(Cl)nc4C(=O)NC4CCN(C)CC4)cc(C)cc3c(=O)n(C)c21. The molecule has 0 aliphatic carbocycles. The van der Waals surface area contributed by atoms with E-state index in [0.717, 1.165) is 53.5 Å². The Morgan fingerprint density at radius 1 is 1.18 bits per heavy atom. The van der Waals surface area contributed by atoms with Crippen LogP contribution in [-0.2, 0) is 13.6 Å². The topological polar surface area (TPSA) is 97.1 Å². The van der Waals surface area contributed by atoms with Crippen LogP contribution in [0.2, 0.25) is 5.15 Å². The molecule has 1 saturated heterocycles. The Labute approximate surface area is 226 Å². The van der Waals surface area contributed by atoms with Crippen molar-refractivity contribution in [2.75, 3.05) is 25.5 Å². The van der Waals surface area contributed by atoms with E-state index in [1.54, 1.807) is 23.7 Å². The maximum atomic E-state index is 13.4. The number of aromatic nitrogens is 4. The minimum Gasteiger partial charge on any atom is -0.377 e. The van der Waals surface area contributed by atoms with Crippen molar-refractivity contribution in [1.82, 2.24) is 29.5 Å². The summed E-state index contributed by atoms with van der Waals surface area (Å²) in [5, 5.41) is 13.9. The molecule has 10 heteroatoms. The Balaban J connectivity index is 1.54. The van der Waals surface area contributed by atoms with Gasteiger partial charge >= 0.3 is 0 Å². The van der Waals surface area contributed by atoms with Gasteiger partial charge in [-0.25, -0.2) is 9.67 Å². The van der Waals surface area contributed by atoms with Gasteiger partial charge in [0.1, 0.15) is 10.8 Å². The van der Waals surface area contributed by atoms with E-state index >= 15 is 0 Å². The van der Waals surface area contributed by atoms with E-state index in [9.17, 15) is 9.59 Å². The average molecular weight is 536 g/mol. The summed E-state index contributed by atoms with van der Waals surface area (Å²) in [6.45, 7) is 8.56. The molecular weight excluding hydrogens is 502 g/mol. The molecule has 0 radical (unpaired) electrons. The number of fused-ring (bicyclic) bond motifs is 3. The first kappa shape index (κ1) is 26.2. The number of benzene rings is 1. The molecule has 1 aliphatic heterocycles. The first-order valence-corrected chi connectivity index (χ1v) is 13.5. The quantitative estimate of drug-likeness (QED) is 0.358. The second-order valence-corrected chi connectivity index (χ2v) is 10.7. The van der Waals surface area contributed by atoms with Crippen LogP contribution in [0.3, 0.4) is 0 Å². The molecule has 1 atom stereocenters. The summed E-state index contributed by atoms with van der Waals surface area (Å²) in [5.41, 5.74) is 3.51. The van der Waals surface area contributed by atoms with Crippen molar-refractivity contribution in [2.45, 2.75) is 52.2 Å². The van der Waals surface area contributed by atoms with Gasteiger partial charge < -0.3 is 15.5 Å². The molecule has 9 nitrogen and oxygen atoms in total. The Kier molecular flexibility index (Phi) is 7.15. The summed E-state index contributed by atoms with van der Waals surface area (Å²) in [4.78, 5) is 33.4. The van der Waals surface area contributed by atoms with Gasteiger partial charge in [0.25, 0.3) is 11.5 Å². The van der Waals surface area contributed by atoms with Gasteiger partial charge in [0.05, 0.1) is 11.9 Å². The number of carbonyl (C=O) groups excluding carboxylic acids is 1. The molecule has 2 N–H and O–H groups in total. The number of nitrogens with one attached hydrogen (secondary N) is 2. The monoisotopic (exact) mass is 535 g/mol. The number of rotatable bonds is 6. The van der Waals surface area contributed by atoms with Gasteiger partial charge in [0.15, 0.2) is 5.69 Å². The van der Waals surface area contributed by atoms with E-state index in [0.29, 0.717) is 17.6 Å². The first-order chi connectivity index (χ1) is 18.2. The molecule has 0 spiro atoms. The molecule has 5 rings (SSSR count). The fourth-order valence-electron chi connectivity index (χ4n) is 5.49. The standard InChI is InChI=1S/C28H34ClN7O2/c1-6-36-27-21(15-30-36)24-19(13-16(2)14-20(24)28(38)35(27)5)17(3)31-22-7-8-23(29)33-25(22)26(37)32-18-9-11-34(4)12-10-18/h7-8,13-15,17-18,31H,6,9-12H2,1-5H3,(H,32,37). The van der Waals surface area contributed by atoms with E-state index in [1.807, 2.05) is 37.7 Å². The number of likely N-dealkylation sites (tertiary alicyclic amines) is 1. The van der Waals surface area contributed by atoms with Gasteiger partial charge in [0.2, 0.25) is 0 Å². The van der Waals surface area contributed by atoms with Gasteiger partial charge in [-0.2, -0.15) is 5.10 Å². The zero-order valence-corrected chi connectivity index (χ0v) is 23.3. The number of anilines is 1. The third kappa shape index (κ3) is 4.76. The Hall–Kier alpha value is -3.43. The lowest BCUT2D eigenvalue weighted by molar-refractivity contribution is 0.0912. The van der Waals surface area contributed by atoms with Crippen molar-refractivity contribution >= 4 is 45.0 Å². The highest BCUT2D eigenvalue weighted by Crippen LogP contribution is 2.33. The van der Waals surface area contributed by atoms with Crippen LogP contribution in [0, 0.1) is 6.92 Å². The van der Waals surface area contributed by atoms with Crippen molar-refractivity contribution in [3.8, 4) is 0 Å². The predicted molar refractivity (Wildman–Crippen MR) is 152 cm³/mol. The third-order valence-corrected chi connectivity index (χ3v) is 7.73. The van der Waals surface area contributed by atoms with E-state index in [-0.39, 0.29) is 34.4 Å². The van der Waals surface area contributed by atoms with Gasteiger partial charge in [0, 0.05) is 41.8 Å². The number of halogens is 1. The molecule has 4 heterocycles. The fourth-order valence-corrected chi connectivity index (χ4v) is 5.63. The van der Waals surface area contributed by atoms with Crippen molar-refractivity contribution in [3.63, 3.8) is 0 Å². The largest absolute Gasteiger partial charge is 0.377 e. The molecular formula is C28H34ClN7O2. The molecule has 0 saturated carbocycles. The zero-order chi connectivity index (χ0) is 27.1. The minimum absolute atomic E-state index is 0.0637. The molecule has 1 aliphatic rings. The Bertz CT molecular complexity index is 1580. The van der Waals surface area contributed by atoms with Gasteiger partial charge in [-0.15, -0.1) is 0 Å². The molecule has 38 heavy (non-hydrogen) atoms. The second kappa shape index (κ2) is 10.4. The van der Waals surface area contributed by atoms with Crippen LogP contribution < -0.4 is 16.2 Å². The number of aryl methyl sites for hydroxylation is 3. The maximum absolute atomic E-state index is 13.4. The molecule has 0 bridgehead atoms. The summed E-state index contributed by atoms with van der Waals surface area (Å²) < 4.78 is 3.51. The van der Waals surface area contributed by atoms with Gasteiger partial charge in [-0.05, 0) is 83.1 Å². The number of amides is 1. The number of piperidine rings is 1. The number of hydrogen-bond acceptors (Lipinski definition) is 6. The molecule has 1 amide bonds. The Morgan fingerprint density at radius 2 is 1.92 bits per heavy atom. The van der Waals surface area contributed by atoms with E-state index in [4.69, 9.17) is 11.6 Å². The van der Waals surface area contributed by atoms with E-state index in [1.165, 1.54) is 0 Å². The van der Waals surface area contributed by atoms with Crippen molar-refractivity contribution < 1.29 is 4.79 Å². The number of hydrogen-bond donors (Lipinski definition) is 2. The highest BCUT2D eigenvalue weighted by Gasteiger charge is 2.24. The summed E-state index contributed by atoms with van der Waals surface area (Å²) in [6.07, 6.45) is 3.62.